The Bertz CT molecular complexity index is 567. The minimum atomic E-state index is -0.239. The van der Waals surface area contributed by atoms with Crippen LogP contribution in [0.25, 0.3) is 0 Å². The maximum atomic E-state index is 13.5. The third-order valence-electron chi connectivity index (χ3n) is 3.21. The molecule has 18 heavy (non-hydrogen) atoms. The summed E-state index contributed by atoms with van der Waals surface area (Å²) in [6, 6.07) is 4.96. The number of benzene rings is 1. The van der Waals surface area contributed by atoms with Gasteiger partial charge >= 0.3 is 0 Å². The van der Waals surface area contributed by atoms with Crippen LogP contribution in [0.2, 0.25) is 0 Å². The Hall–Kier alpha value is -1.55. The lowest BCUT2D eigenvalue weighted by Gasteiger charge is -2.29. The number of aromatic nitrogens is 2. The first-order chi connectivity index (χ1) is 8.76. The fraction of sp³-hybridized carbons (Fsp3) is 0.308. The first-order valence-electron chi connectivity index (χ1n) is 5.86. The SMILES string of the molecule is Fc1cc(CCl)cc(N2CCn3ccnc3C2)c1. The van der Waals surface area contributed by atoms with E-state index in [2.05, 4.69) is 14.5 Å². The minimum absolute atomic E-state index is 0.239. The van der Waals surface area contributed by atoms with Crippen LogP contribution in [0.3, 0.4) is 0 Å². The van der Waals surface area contributed by atoms with Gasteiger partial charge in [-0.2, -0.15) is 0 Å². The van der Waals surface area contributed by atoms with Crippen LogP contribution in [-0.2, 0) is 19.0 Å². The zero-order chi connectivity index (χ0) is 12.5. The summed E-state index contributed by atoms with van der Waals surface area (Å²) in [5.41, 5.74) is 1.68. The molecule has 1 aliphatic heterocycles. The first-order valence-corrected chi connectivity index (χ1v) is 6.40. The maximum absolute atomic E-state index is 13.5. The quantitative estimate of drug-likeness (QED) is 0.779. The molecule has 0 saturated carbocycles. The van der Waals surface area contributed by atoms with Crippen molar-refractivity contribution >= 4 is 17.3 Å². The van der Waals surface area contributed by atoms with Crippen LogP contribution in [0.4, 0.5) is 10.1 Å². The largest absolute Gasteiger partial charge is 0.362 e. The molecule has 0 bridgehead atoms. The van der Waals surface area contributed by atoms with E-state index in [-0.39, 0.29) is 5.82 Å². The minimum Gasteiger partial charge on any atom is -0.362 e. The van der Waals surface area contributed by atoms with Gasteiger partial charge in [0.15, 0.2) is 0 Å². The van der Waals surface area contributed by atoms with E-state index < -0.39 is 0 Å². The van der Waals surface area contributed by atoms with Crippen molar-refractivity contribution in [2.75, 3.05) is 11.4 Å². The lowest BCUT2D eigenvalue weighted by molar-refractivity contribution is 0.557. The van der Waals surface area contributed by atoms with E-state index in [1.165, 1.54) is 6.07 Å². The molecule has 0 fully saturated rings. The number of alkyl halides is 1. The molecule has 0 amide bonds. The van der Waals surface area contributed by atoms with Crippen LogP contribution in [0, 0.1) is 5.82 Å². The summed E-state index contributed by atoms with van der Waals surface area (Å²) in [5, 5.41) is 0. The average Bonchev–Trinajstić information content (AvgIpc) is 2.85. The highest BCUT2D eigenvalue weighted by atomic mass is 35.5. The summed E-state index contributed by atoms with van der Waals surface area (Å²) in [7, 11) is 0. The molecule has 1 aromatic heterocycles. The van der Waals surface area contributed by atoms with Crippen molar-refractivity contribution in [2.24, 2.45) is 0 Å². The van der Waals surface area contributed by atoms with Crippen LogP contribution < -0.4 is 4.90 Å². The number of halogens is 2. The lowest BCUT2D eigenvalue weighted by Crippen LogP contribution is -2.33. The molecule has 1 aromatic carbocycles. The predicted molar refractivity (Wildman–Crippen MR) is 69.2 cm³/mol. The molecule has 2 aromatic rings. The number of hydrogen-bond acceptors (Lipinski definition) is 2. The van der Waals surface area contributed by atoms with Crippen molar-refractivity contribution < 1.29 is 4.39 Å². The van der Waals surface area contributed by atoms with Crippen molar-refractivity contribution in [1.82, 2.24) is 9.55 Å². The van der Waals surface area contributed by atoms with Gasteiger partial charge in [-0.3, -0.25) is 0 Å². The summed E-state index contributed by atoms with van der Waals surface area (Å²) in [6.07, 6.45) is 3.77. The molecule has 0 radical (unpaired) electrons. The number of fused-ring (bicyclic) bond motifs is 1. The molecule has 2 heterocycles. The van der Waals surface area contributed by atoms with Gasteiger partial charge in [0.2, 0.25) is 0 Å². The van der Waals surface area contributed by atoms with Gasteiger partial charge in [0.25, 0.3) is 0 Å². The number of anilines is 1. The van der Waals surface area contributed by atoms with E-state index in [4.69, 9.17) is 11.6 Å². The van der Waals surface area contributed by atoms with Gasteiger partial charge in [-0.15, -0.1) is 11.6 Å². The first kappa shape index (κ1) is 11.5. The highest BCUT2D eigenvalue weighted by Gasteiger charge is 2.17. The van der Waals surface area contributed by atoms with Crippen LogP contribution in [0.5, 0.6) is 0 Å². The highest BCUT2D eigenvalue weighted by Crippen LogP contribution is 2.23. The Balaban J connectivity index is 1.90. The Morgan fingerprint density at radius 1 is 1.28 bits per heavy atom. The standard InChI is InChI=1S/C13H13ClFN3/c14-8-10-5-11(15)7-12(6-10)18-4-3-17-2-1-16-13(17)9-18/h1-2,5-7H,3-4,8-9H2. The molecule has 3 rings (SSSR count). The van der Waals surface area contributed by atoms with Crippen molar-refractivity contribution in [1.29, 1.82) is 0 Å². The number of rotatable bonds is 2. The molecule has 3 nitrogen and oxygen atoms in total. The molecule has 0 atom stereocenters. The van der Waals surface area contributed by atoms with Gasteiger partial charge in [-0.25, -0.2) is 9.37 Å². The van der Waals surface area contributed by atoms with E-state index in [1.54, 1.807) is 12.3 Å². The molecule has 5 heteroatoms. The summed E-state index contributed by atoms with van der Waals surface area (Å²) in [5.74, 6) is 1.10. The normalized spacial score (nSPS) is 14.7. The highest BCUT2D eigenvalue weighted by molar-refractivity contribution is 6.17. The fourth-order valence-electron chi connectivity index (χ4n) is 2.29. The van der Waals surface area contributed by atoms with Gasteiger partial charge in [0.1, 0.15) is 11.6 Å². The molecular weight excluding hydrogens is 253 g/mol. The number of nitrogens with zero attached hydrogens (tertiary/aromatic N) is 3. The van der Waals surface area contributed by atoms with E-state index in [0.29, 0.717) is 12.4 Å². The number of imidazole rings is 1. The van der Waals surface area contributed by atoms with E-state index in [9.17, 15) is 4.39 Å². The van der Waals surface area contributed by atoms with Crippen molar-refractivity contribution in [3.8, 4) is 0 Å². The molecule has 0 N–H and O–H groups in total. The Kier molecular flexibility index (Phi) is 2.96. The zero-order valence-electron chi connectivity index (χ0n) is 9.81. The summed E-state index contributed by atoms with van der Waals surface area (Å²) < 4.78 is 15.6. The molecule has 0 aliphatic carbocycles. The van der Waals surface area contributed by atoms with Crippen molar-refractivity contribution in [3.63, 3.8) is 0 Å². The van der Waals surface area contributed by atoms with Gasteiger partial charge in [0.05, 0.1) is 6.54 Å². The monoisotopic (exact) mass is 265 g/mol. The second kappa shape index (κ2) is 4.61. The molecule has 1 aliphatic rings. The average molecular weight is 266 g/mol. The summed E-state index contributed by atoms with van der Waals surface area (Å²) >= 11 is 5.77. The molecular formula is C13H13ClFN3. The lowest BCUT2D eigenvalue weighted by atomic mass is 10.2. The molecule has 0 unspecified atom stereocenters. The fourth-order valence-corrected chi connectivity index (χ4v) is 2.44. The predicted octanol–water partition coefficient (Wildman–Crippen LogP) is 2.78. The van der Waals surface area contributed by atoms with Crippen LogP contribution in [-0.4, -0.2) is 16.1 Å². The van der Waals surface area contributed by atoms with E-state index in [1.807, 2.05) is 12.3 Å². The van der Waals surface area contributed by atoms with Gasteiger partial charge < -0.3 is 9.47 Å². The summed E-state index contributed by atoms with van der Waals surface area (Å²) in [6.45, 7) is 2.44. The number of hydrogen-bond donors (Lipinski definition) is 0. The smallest absolute Gasteiger partial charge is 0.128 e. The van der Waals surface area contributed by atoms with Crippen LogP contribution >= 0.6 is 11.6 Å². The van der Waals surface area contributed by atoms with Crippen LogP contribution in [0.1, 0.15) is 11.4 Å². The second-order valence-corrected chi connectivity index (χ2v) is 4.68. The van der Waals surface area contributed by atoms with Gasteiger partial charge in [-0.1, -0.05) is 0 Å². The Morgan fingerprint density at radius 2 is 2.17 bits per heavy atom. The van der Waals surface area contributed by atoms with Crippen molar-refractivity contribution in [3.05, 3.63) is 47.8 Å². The third kappa shape index (κ3) is 2.08. The topological polar surface area (TPSA) is 21.1 Å². The Morgan fingerprint density at radius 3 is 3.00 bits per heavy atom. The molecule has 94 valence electrons. The van der Waals surface area contributed by atoms with Gasteiger partial charge in [-0.05, 0) is 23.8 Å². The third-order valence-corrected chi connectivity index (χ3v) is 3.52. The molecule has 0 spiro atoms. The second-order valence-electron chi connectivity index (χ2n) is 4.41. The summed E-state index contributed by atoms with van der Waals surface area (Å²) in [4.78, 5) is 6.43. The van der Waals surface area contributed by atoms with Crippen molar-refractivity contribution in [2.45, 2.75) is 19.0 Å². The van der Waals surface area contributed by atoms with E-state index in [0.717, 1.165) is 30.2 Å². The van der Waals surface area contributed by atoms with Gasteiger partial charge in [0, 0.05) is 37.1 Å². The Labute approximate surface area is 110 Å². The maximum Gasteiger partial charge on any atom is 0.128 e. The zero-order valence-corrected chi connectivity index (χ0v) is 10.6. The molecule has 0 saturated heterocycles. The van der Waals surface area contributed by atoms with E-state index >= 15 is 0 Å². The van der Waals surface area contributed by atoms with Crippen LogP contribution in [0.15, 0.2) is 30.6 Å².